The lowest BCUT2D eigenvalue weighted by atomic mass is 10.1. The molecule has 3 atom stereocenters. The molecule has 0 radical (unpaired) electrons. The standard InChI is InChI=1S/C18H28N6O4/c1-11(20-3)16(26)22-14(9-10-15(19)25)18(28)21-12(2)17(27)24-23-13-7-5-4-6-8-13/h4-8,11-12,14,20,23H,9-10H2,1-3H3,(H2,19,25)(H,21,28)(H,22,26)(H,24,27)/t11-,12-,14-/m0/s1. The molecule has 0 aliphatic rings. The predicted molar refractivity (Wildman–Crippen MR) is 105 cm³/mol. The average molecular weight is 392 g/mol. The molecule has 7 N–H and O–H groups in total. The number of hydrogen-bond acceptors (Lipinski definition) is 6. The number of rotatable bonds is 11. The first-order valence-corrected chi connectivity index (χ1v) is 8.91. The van der Waals surface area contributed by atoms with E-state index in [1.165, 1.54) is 6.92 Å². The van der Waals surface area contributed by atoms with Crippen molar-refractivity contribution >= 4 is 29.3 Å². The Morgan fingerprint density at radius 3 is 2.14 bits per heavy atom. The Kier molecular flexibility index (Phi) is 9.44. The molecule has 0 aliphatic carbocycles. The zero-order valence-corrected chi connectivity index (χ0v) is 16.2. The molecule has 10 heteroatoms. The molecular weight excluding hydrogens is 364 g/mol. The number of nitrogens with one attached hydrogen (secondary N) is 5. The van der Waals surface area contributed by atoms with Gasteiger partial charge in [-0.25, -0.2) is 0 Å². The van der Waals surface area contributed by atoms with Gasteiger partial charge in [0.25, 0.3) is 5.91 Å². The SMILES string of the molecule is CN[C@@H](C)C(=O)N[C@@H](CCC(N)=O)C(=O)N[C@@H](C)C(=O)NNc1ccccc1. The zero-order valence-electron chi connectivity index (χ0n) is 16.2. The molecule has 1 rings (SSSR count). The van der Waals surface area contributed by atoms with Gasteiger partial charge in [0.1, 0.15) is 12.1 Å². The van der Waals surface area contributed by atoms with E-state index < -0.39 is 41.8 Å². The van der Waals surface area contributed by atoms with E-state index >= 15 is 0 Å². The minimum atomic E-state index is -0.992. The third kappa shape index (κ3) is 8.04. The summed E-state index contributed by atoms with van der Waals surface area (Å²) in [7, 11) is 1.61. The van der Waals surface area contributed by atoms with Gasteiger partial charge in [-0.15, -0.1) is 0 Å². The topological polar surface area (TPSA) is 154 Å². The van der Waals surface area contributed by atoms with Gasteiger partial charge >= 0.3 is 0 Å². The summed E-state index contributed by atoms with van der Waals surface area (Å²) >= 11 is 0. The van der Waals surface area contributed by atoms with Gasteiger partial charge in [-0.2, -0.15) is 0 Å². The lowest BCUT2D eigenvalue weighted by Crippen LogP contribution is -2.55. The second kappa shape index (κ2) is 11.5. The van der Waals surface area contributed by atoms with Crippen LogP contribution >= 0.6 is 0 Å². The van der Waals surface area contributed by atoms with E-state index in [0.29, 0.717) is 5.69 Å². The normalized spacial score (nSPS) is 13.5. The third-order valence-corrected chi connectivity index (χ3v) is 3.99. The van der Waals surface area contributed by atoms with Crippen LogP contribution in [0, 0.1) is 0 Å². The number of primary amides is 1. The molecule has 0 saturated heterocycles. The Labute approximate surface area is 164 Å². The molecule has 0 aliphatic heterocycles. The number of carbonyl (C=O) groups is 4. The van der Waals surface area contributed by atoms with Crippen molar-refractivity contribution in [1.82, 2.24) is 21.4 Å². The first-order valence-electron chi connectivity index (χ1n) is 8.91. The van der Waals surface area contributed by atoms with Crippen LogP contribution in [0.25, 0.3) is 0 Å². The van der Waals surface area contributed by atoms with E-state index in [-0.39, 0.29) is 12.8 Å². The Morgan fingerprint density at radius 1 is 0.929 bits per heavy atom. The van der Waals surface area contributed by atoms with E-state index in [4.69, 9.17) is 5.73 Å². The molecule has 1 aromatic carbocycles. The van der Waals surface area contributed by atoms with Crippen molar-refractivity contribution in [3.63, 3.8) is 0 Å². The zero-order chi connectivity index (χ0) is 21.1. The summed E-state index contributed by atoms with van der Waals surface area (Å²) in [5, 5.41) is 7.84. The van der Waals surface area contributed by atoms with Gasteiger partial charge in [0.2, 0.25) is 17.7 Å². The monoisotopic (exact) mass is 392 g/mol. The summed E-state index contributed by atoms with van der Waals surface area (Å²) in [6.45, 7) is 3.13. The van der Waals surface area contributed by atoms with Gasteiger partial charge in [-0.05, 0) is 39.4 Å². The van der Waals surface area contributed by atoms with E-state index in [2.05, 4.69) is 26.8 Å². The number of para-hydroxylation sites is 1. The van der Waals surface area contributed by atoms with Crippen molar-refractivity contribution in [2.45, 2.75) is 44.8 Å². The van der Waals surface area contributed by atoms with Crippen molar-refractivity contribution in [2.24, 2.45) is 5.73 Å². The lowest BCUT2D eigenvalue weighted by molar-refractivity contribution is -0.132. The maximum atomic E-state index is 12.5. The number of hydrogen-bond donors (Lipinski definition) is 6. The van der Waals surface area contributed by atoms with Crippen LogP contribution in [0.15, 0.2) is 30.3 Å². The van der Waals surface area contributed by atoms with E-state index in [9.17, 15) is 19.2 Å². The van der Waals surface area contributed by atoms with Gasteiger partial charge < -0.3 is 21.7 Å². The number of amides is 4. The van der Waals surface area contributed by atoms with Crippen molar-refractivity contribution in [2.75, 3.05) is 12.5 Å². The Balaban J connectivity index is 2.63. The number of likely N-dealkylation sites (N-methyl/N-ethyl adjacent to an activating group) is 1. The molecule has 0 aromatic heterocycles. The highest BCUT2D eigenvalue weighted by atomic mass is 16.2. The fourth-order valence-electron chi connectivity index (χ4n) is 2.13. The largest absolute Gasteiger partial charge is 0.370 e. The Bertz CT molecular complexity index is 682. The van der Waals surface area contributed by atoms with E-state index in [1.54, 1.807) is 38.2 Å². The van der Waals surface area contributed by atoms with Crippen molar-refractivity contribution in [3.05, 3.63) is 30.3 Å². The van der Waals surface area contributed by atoms with Crippen LogP contribution in [0.2, 0.25) is 0 Å². The van der Waals surface area contributed by atoms with Crippen LogP contribution in [0.4, 0.5) is 5.69 Å². The van der Waals surface area contributed by atoms with Gasteiger partial charge in [-0.3, -0.25) is 30.0 Å². The van der Waals surface area contributed by atoms with Crippen LogP contribution in [0.1, 0.15) is 26.7 Å². The second-order valence-corrected chi connectivity index (χ2v) is 6.29. The molecule has 1 aromatic rings. The van der Waals surface area contributed by atoms with Crippen molar-refractivity contribution < 1.29 is 19.2 Å². The van der Waals surface area contributed by atoms with Crippen LogP contribution in [0.3, 0.4) is 0 Å². The maximum Gasteiger partial charge on any atom is 0.260 e. The highest BCUT2D eigenvalue weighted by Gasteiger charge is 2.26. The summed E-state index contributed by atoms with van der Waals surface area (Å²) in [5.41, 5.74) is 11.0. The highest BCUT2D eigenvalue weighted by molar-refractivity contribution is 5.93. The van der Waals surface area contributed by atoms with Crippen LogP contribution < -0.4 is 32.5 Å². The second-order valence-electron chi connectivity index (χ2n) is 6.29. The summed E-state index contributed by atoms with van der Waals surface area (Å²) < 4.78 is 0. The Hall–Kier alpha value is -3.14. The predicted octanol–water partition coefficient (Wildman–Crippen LogP) is -1.01. The number of hydrazine groups is 1. The van der Waals surface area contributed by atoms with Gasteiger partial charge in [0, 0.05) is 6.42 Å². The molecule has 28 heavy (non-hydrogen) atoms. The summed E-state index contributed by atoms with van der Waals surface area (Å²) in [5.74, 6) is -2.05. The molecular formula is C18H28N6O4. The smallest absolute Gasteiger partial charge is 0.260 e. The summed E-state index contributed by atoms with van der Waals surface area (Å²) in [6.07, 6.45) is -0.0532. The fourth-order valence-corrected chi connectivity index (χ4v) is 2.13. The molecule has 0 bridgehead atoms. The van der Waals surface area contributed by atoms with Crippen LogP contribution in [-0.4, -0.2) is 48.8 Å². The molecule has 0 fully saturated rings. The number of nitrogens with two attached hydrogens (primary N) is 1. The molecule has 4 amide bonds. The van der Waals surface area contributed by atoms with Crippen molar-refractivity contribution in [3.8, 4) is 0 Å². The third-order valence-electron chi connectivity index (χ3n) is 3.99. The van der Waals surface area contributed by atoms with E-state index in [0.717, 1.165) is 0 Å². The quantitative estimate of drug-likeness (QED) is 0.265. The number of carbonyl (C=O) groups excluding carboxylic acids is 4. The van der Waals surface area contributed by atoms with Crippen LogP contribution in [0.5, 0.6) is 0 Å². The van der Waals surface area contributed by atoms with Gasteiger partial charge in [0.05, 0.1) is 11.7 Å². The maximum absolute atomic E-state index is 12.5. The average Bonchev–Trinajstić information content (AvgIpc) is 2.68. The lowest BCUT2D eigenvalue weighted by Gasteiger charge is -2.22. The van der Waals surface area contributed by atoms with Gasteiger partial charge in [-0.1, -0.05) is 18.2 Å². The number of anilines is 1. The first-order chi connectivity index (χ1) is 13.2. The minimum absolute atomic E-state index is 0.0277. The summed E-state index contributed by atoms with van der Waals surface area (Å²) in [6, 6.07) is 6.58. The fraction of sp³-hybridized carbons (Fsp3) is 0.444. The van der Waals surface area contributed by atoms with Gasteiger partial charge in [0.15, 0.2) is 0 Å². The molecule has 10 nitrogen and oxygen atoms in total. The molecule has 0 spiro atoms. The first kappa shape index (κ1) is 22.9. The van der Waals surface area contributed by atoms with Crippen molar-refractivity contribution in [1.29, 1.82) is 0 Å². The highest BCUT2D eigenvalue weighted by Crippen LogP contribution is 2.03. The minimum Gasteiger partial charge on any atom is -0.370 e. The molecule has 154 valence electrons. The van der Waals surface area contributed by atoms with Crippen LogP contribution in [-0.2, 0) is 19.2 Å². The Morgan fingerprint density at radius 2 is 1.57 bits per heavy atom. The van der Waals surface area contributed by atoms with E-state index in [1.807, 2.05) is 6.07 Å². The summed E-state index contributed by atoms with van der Waals surface area (Å²) in [4.78, 5) is 47.7. The molecule has 0 unspecified atom stereocenters. The molecule has 0 heterocycles. The molecule has 0 saturated carbocycles. The number of benzene rings is 1.